The van der Waals surface area contributed by atoms with Crippen LogP contribution < -0.4 is 26.6 Å². The quantitative estimate of drug-likeness (QED) is 0.0798. The van der Waals surface area contributed by atoms with Crippen molar-refractivity contribution in [3.05, 3.63) is 29.8 Å². The molecule has 1 heterocycles. The van der Waals surface area contributed by atoms with Crippen LogP contribution in [-0.2, 0) is 44.9 Å². The molecule has 14 heteroatoms. The molecule has 3 atom stereocenters. The lowest BCUT2D eigenvalue weighted by atomic mass is 10.1. The second-order valence-corrected chi connectivity index (χ2v) is 9.22. The van der Waals surface area contributed by atoms with E-state index in [-0.39, 0.29) is 26.1 Å². The first-order valence-electron chi connectivity index (χ1n) is 12.9. The molecule has 1 aromatic rings. The van der Waals surface area contributed by atoms with E-state index in [1.807, 2.05) is 0 Å². The molecule has 1 fully saturated rings. The number of carbonyl (C=O) groups excluding carboxylic acids is 7. The molecule has 1 saturated heterocycles. The topological polar surface area (TPSA) is 192 Å². The van der Waals surface area contributed by atoms with Crippen molar-refractivity contribution in [2.24, 2.45) is 5.92 Å². The molecule has 5 N–H and O–H groups in total. The van der Waals surface area contributed by atoms with Crippen LogP contribution in [0.1, 0.15) is 31.7 Å². The van der Waals surface area contributed by atoms with E-state index in [4.69, 9.17) is 4.74 Å². The summed E-state index contributed by atoms with van der Waals surface area (Å²) in [6.45, 7) is 1.87. The van der Waals surface area contributed by atoms with Gasteiger partial charge in [-0.05, 0) is 44.1 Å². The largest absolute Gasteiger partial charge is 0.463 e. The van der Waals surface area contributed by atoms with Crippen LogP contribution in [0.2, 0.25) is 0 Å². The summed E-state index contributed by atoms with van der Waals surface area (Å²) in [5.41, 5.74) is 1.20. The molecule has 1 aliphatic heterocycles. The first-order chi connectivity index (χ1) is 19.2. The minimum Gasteiger partial charge on any atom is -0.463 e. The minimum absolute atomic E-state index is 0.0323. The molecule has 0 spiro atoms. The highest BCUT2D eigenvalue weighted by Gasteiger charge is 2.42. The van der Waals surface area contributed by atoms with E-state index in [0.717, 1.165) is 10.5 Å². The molecule has 0 aliphatic carbocycles. The van der Waals surface area contributed by atoms with Gasteiger partial charge in [0, 0.05) is 24.6 Å². The van der Waals surface area contributed by atoms with Crippen LogP contribution in [0, 0.1) is 5.92 Å². The second kappa shape index (κ2) is 16.7. The fourth-order valence-corrected chi connectivity index (χ4v) is 4.04. The van der Waals surface area contributed by atoms with Gasteiger partial charge in [0.2, 0.25) is 29.5 Å². The van der Waals surface area contributed by atoms with Crippen molar-refractivity contribution in [3.8, 4) is 0 Å². The molecule has 3 unspecified atom stereocenters. The van der Waals surface area contributed by atoms with E-state index in [1.165, 1.54) is 0 Å². The van der Waals surface area contributed by atoms with Crippen molar-refractivity contribution in [2.45, 2.75) is 44.9 Å². The van der Waals surface area contributed by atoms with E-state index in [9.17, 15) is 33.6 Å². The summed E-state index contributed by atoms with van der Waals surface area (Å²) < 4.78 is 4.70. The number of benzene rings is 1. The van der Waals surface area contributed by atoms with Crippen molar-refractivity contribution in [1.29, 1.82) is 0 Å². The Labute approximate surface area is 231 Å². The zero-order chi connectivity index (χ0) is 29.5. The number of rotatable bonds is 18. The number of likely N-dealkylation sites (tertiary alicyclic amines) is 1. The van der Waals surface area contributed by atoms with Crippen molar-refractivity contribution in [1.82, 2.24) is 26.2 Å². The maximum absolute atomic E-state index is 12.9. The number of carbonyl (C=O) groups is 7. The molecule has 1 aromatic carbocycles. The van der Waals surface area contributed by atoms with Gasteiger partial charge in [-0.25, -0.2) is 0 Å². The Bertz CT molecular complexity index is 1060. The number of ether oxygens (including phenoxy) is 1. The molecule has 14 nitrogen and oxygen atoms in total. The summed E-state index contributed by atoms with van der Waals surface area (Å²) >= 11 is 0. The van der Waals surface area contributed by atoms with Gasteiger partial charge >= 0.3 is 0 Å². The third kappa shape index (κ3) is 9.85. The van der Waals surface area contributed by atoms with Gasteiger partial charge in [-0.15, -0.1) is 0 Å². The van der Waals surface area contributed by atoms with Crippen LogP contribution in [0.5, 0.6) is 0 Å². The minimum atomic E-state index is -1.24. The van der Waals surface area contributed by atoms with Crippen molar-refractivity contribution in [2.75, 3.05) is 38.5 Å². The molecule has 1 aliphatic rings. The zero-order valence-electron chi connectivity index (χ0n) is 22.6. The van der Waals surface area contributed by atoms with Gasteiger partial charge in [0.05, 0.1) is 13.1 Å². The van der Waals surface area contributed by atoms with E-state index >= 15 is 0 Å². The summed E-state index contributed by atoms with van der Waals surface area (Å²) in [4.78, 5) is 85.3. The summed E-state index contributed by atoms with van der Waals surface area (Å²) in [5.74, 6) is -3.46. The number of imide groups is 1. The number of anilines is 1. The SMILES string of the molecule is CNCCCC(NC(=O)CNC(=O)C(CNCC=O)N1C(=O)CC(C)C1=O)C(=O)Nc1ccc(COC=O)cc1. The standard InChI is InChI=1S/C26H36N6O8/c1-17-12-23(36)32(26(17)39)21(13-28-10-11-33)25(38)29-14-22(35)31-20(4-3-9-27-2)24(37)30-19-7-5-18(6-8-19)15-40-16-34/h5-8,11,16-17,20-21,27-28H,3-4,9-10,12-15H2,1-2H3,(H,29,38)(H,30,37)(H,31,35). The van der Waals surface area contributed by atoms with Crippen molar-refractivity contribution >= 4 is 48.0 Å². The lowest BCUT2D eigenvalue weighted by Crippen LogP contribution is -2.56. The second-order valence-electron chi connectivity index (χ2n) is 9.22. The number of hydrogen-bond acceptors (Lipinski definition) is 10. The first-order valence-corrected chi connectivity index (χ1v) is 12.9. The predicted octanol–water partition coefficient (Wildman–Crippen LogP) is -1.55. The summed E-state index contributed by atoms with van der Waals surface area (Å²) in [6, 6.07) is 4.47. The van der Waals surface area contributed by atoms with Crippen LogP contribution in [0.15, 0.2) is 24.3 Å². The average molecular weight is 561 g/mol. The third-order valence-corrected chi connectivity index (χ3v) is 6.12. The Balaban J connectivity index is 2.01. The van der Waals surface area contributed by atoms with Gasteiger partial charge in [-0.2, -0.15) is 0 Å². The highest BCUT2D eigenvalue weighted by molar-refractivity contribution is 6.07. The third-order valence-electron chi connectivity index (χ3n) is 6.12. The Morgan fingerprint density at radius 2 is 1.85 bits per heavy atom. The normalized spacial score (nSPS) is 16.1. The molecule has 0 radical (unpaired) electrons. The van der Waals surface area contributed by atoms with Crippen molar-refractivity contribution in [3.63, 3.8) is 0 Å². The van der Waals surface area contributed by atoms with Gasteiger partial charge in [0.1, 0.15) is 25.0 Å². The lowest BCUT2D eigenvalue weighted by Gasteiger charge is -2.26. The number of nitrogens with one attached hydrogen (secondary N) is 5. The molecule has 40 heavy (non-hydrogen) atoms. The fourth-order valence-electron chi connectivity index (χ4n) is 4.04. The predicted molar refractivity (Wildman–Crippen MR) is 142 cm³/mol. The summed E-state index contributed by atoms with van der Waals surface area (Å²) in [5, 5.41) is 13.4. The molecule has 218 valence electrons. The Morgan fingerprint density at radius 1 is 1.12 bits per heavy atom. The fraction of sp³-hybridized carbons (Fsp3) is 0.500. The van der Waals surface area contributed by atoms with E-state index in [2.05, 4.69) is 26.6 Å². The highest BCUT2D eigenvalue weighted by atomic mass is 16.5. The molecule has 0 aromatic heterocycles. The van der Waals surface area contributed by atoms with Gasteiger partial charge < -0.3 is 36.1 Å². The molecule has 5 amide bonds. The van der Waals surface area contributed by atoms with Crippen molar-refractivity contribution < 1.29 is 38.3 Å². The Morgan fingerprint density at radius 3 is 2.45 bits per heavy atom. The molecular weight excluding hydrogens is 524 g/mol. The molecular formula is C26H36N6O8. The molecule has 0 saturated carbocycles. The van der Waals surface area contributed by atoms with E-state index < -0.39 is 54.1 Å². The number of hydrogen-bond donors (Lipinski definition) is 5. The molecule has 2 rings (SSSR count). The Hall–Kier alpha value is -4.17. The monoisotopic (exact) mass is 560 g/mol. The smallest absolute Gasteiger partial charge is 0.293 e. The van der Waals surface area contributed by atoms with Gasteiger partial charge in [0.25, 0.3) is 6.47 Å². The van der Waals surface area contributed by atoms with Crippen LogP contribution in [-0.4, -0.2) is 92.5 Å². The maximum atomic E-state index is 12.9. The van der Waals surface area contributed by atoms with Gasteiger partial charge in [-0.3, -0.25) is 33.7 Å². The average Bonchev–Trinajstić information content (AvgIpc) is 3.19. The Kier molecular flexibility index (Phi) is 13.4. The first kappa shape index (κ1) is 32.0. The lowest BCUT2D eigenvalue weighted by molar-refractivity contribution is -0.147. The van der Waals surface area contributed by atoms with Crippen LogP contribution in [0.3, 0.4) is 0 Å². The summed E-state index contributed by atoms with van der Waals surface area (Å²) in [6.07, 6.45) is 1.43. The van der Waals surface area contributed by atoms with E-state index in [1.54, 1.807) is 38.2 Å². The summed E-state index contributed by atoms with van der Waals surface area (Å²) in [7, 11) is 1.76. The number of amides is 5. The highest BCUT2D eigenvalue weighted by Crippen LogP contribution is 2.21. The van der Waals surface area contributed by atoms with E-state index in [0.29, 0.717) is 37.8 Å². The zero-order valence-corrected chi connectivity index (χ0v) is 22.6. The van der Waals surface area contributed by atoms with Crippen LogP contribution in [0.4, 0.5) is 5.69 Å². The van der Waals surface area contributed by atoms with Gasteiger partial charge in [0.15, 0.2) is 0 Å². The number of nitrogens with zero attached hydrogens (tertiary/aromatic N) is 1. The van der Waals surface area contributed by atoms with Gasteiger partial charge in [-0.1, -0.05) is 19.1 Å². The van der Waals surface area contributed by atoms with Crippen LogP contribution in [0.25, 0.3) is 0 Å². The maximum Gasteiger partial charge on any atom is 0.293 e. The number of aldehydes is 1. The van der Waals surface area contributed by atoms with Crippen LogP contribution >= 0.6 is 0 Å². The molecule has 0 bridgehead atoms.